The Morgan fingerprint density at radius 1 is 1.27 bits per heavy atom. The van der Waals surface area contributed by atoms with E-state index in [9.17, 15) is 4.79 Å². The molecular formula is C7H16HgO5SSi. The molecule has 0 unspecified atom stereocenters. The van der Waals surface area contributed by atoms with E-state index in [2.05, 4.69) is 0 Å². The summed E-state index contributed by atoms with van der Waals surface area (Å²) in [5.41, 5.74) is 0. The molecular weight excluding hydrogens is 425 g/mol. The van der Waals surface area contributed by atoms with Crippen molar-refractivity contribution in [3.63, 3.8) is 0 Å². The molecule has 0 saturated heterocycles. The molecule has 0 aliphatic carbocycles. The molecule has 0 aliphatic rings. The zero-order valence-electron chi connectivity index (χ0n) is 9.57. The third-order valence-electron chi connectivity index (χ3n) is 1.83. The summed E-state index contributed by atoms with van der Waals surface area (Å²) in [5, 5.41) is 0. The van der Waals surface area contributed by atoms with Crippen LogP contribution >= 0.6 is 8.24 Å². The first kappa shape index (κ1) is 15.9. The van der Waals surface area contributed by atoms with Crippen LogP contribution in [0.2, 0.25) is 6.04 Å². The molecule has 15 heavy (non-hydrogen) atoms. The summed E-state index contributed by atoms with van der Waals surface area (Å²) in [6, 6.07) is 0.752. The average molecular weight is 441 g/mol. The summed E-state index contributed by atoms with van der Waals surface area (Å²) in [5.74, 6) is 0.703. The van der Waals surface area contributed by atoms with E-state index in [1.165, 1.54) is 6.92 Å². The van der Waals surface area contributed by atoms with Gasteiger partial charge in [0.25, 0.3) is 0 Å². The van der Waals surface area contributed by atoms with E-state index in [1.54, 1.807) is 29.6 Å². The van der Waals surface area contributed by atoms with Crippen molar-refractivity contribution < 1.29 is 44.2 Å². The summed E-state index contributed by atoms with van der Waals surface area (Å²) < 4.78 is 20.8. The summed E-state index contributed by atoms with van der Waals surface area (Å²) >= 11 is -1.50. The van der Waals surface area contributed by atoms with E-state index >= 15 is 0 Å². The standard InChI is InChI=1S/C5H14O3SSi.C2H4O2.Hg/c1-6-10(7-2,8-3)5-4-9;1-2(3)4;/h9H,4-5H2,1-3H3;1H3,(H,3,4);/q;;+2/p-2. The van der Waals surface area contributed by atoms with Crippen molar-refractivity contribution in [3.8, 4) is 0 Å². The van der Waals surface area contributed by atoms with Gasteiger partial charge in [0, 0.05) is 0 Å². The van der Waals surface area contributed by atoms with E-state index in [-0.39, 0.29) is 5.97 Å². The molecule has 0 heterocycles. The Balaban J connectivity index is 3.67. The summed E-state index contributed by atoms with van der Waals surface area (Å²) in [6.07, 6.45) is 0. The van der Waals surface area contributed by atoms with Crippen molar-refractivity contribution in [2.45, 2.75) is 13.0 Å². The molecule has 0 aliphatic heterocycles. The van der Waals surface area contributed by atoms with Gasteiger partial charge >= 0.3 is 107 Å². The summed E-state index contributed by atoms with van der Waals surface area (Å²) in [6.45, 7) is 1.44. The van der Waals surface area contributed by atoms with Crippen molar-refractivity contribution in [2.75, 3.05) is 27.1 Å². The van der Waals surface area contributed by atoms with E-state index in [1.807, 2.05) is 0 Å². The normalized spacial score (nSPS) is 10.9. The molecule has 0 radical (unpaired) electrons. The Labute approximate surface area is 107 Å². The third kappa shape index (κ3) is 6.90. The molecule has 0 aromatic carbocycles. The van der Waals surface area contributed by atoms with E-state index in [4.69, 9.17) is 15.9 Å². The molecule has 0 aromatic heterocycles. The molecule has 0 rings (SSSR count). The maximum atomic E-state index is 10.5. The first-order valence-electron chi connectivity index (χ1n) is 4.46. The topological polar surface area (TPSA) is 54.0 Å². The third-order valence-corrected chi connectivity index (χ3v) is 14.0. The zero-order valence-corrected chi connectivity index (χ0v) is 16.9. The molecule has 0 spiro atoms. The van der Waals surface area contributed by atoms with Crippen LogP contribution in [0.3, 0.4) is 0 Å². The van der Waals surface area contributed by atoms with Crippen LogP contribution < -0.4 is 0 Å². The maximum absolute atomic E-state index is 10.5. The van der Waals surface area contributed by atoms with E-state index in [0.29, 0.717) is 0 Å². The molecule has 0 bridgehead atoms. The van der Waals surface area contributed by atoms with Crippen molar-refractivity contribution >= 4 is 23.0 Å². The Morgan fingerprint density at radius 3 is 2.20 bits per heavy atom. The first-order valence-corrected chi connectivity index (χ1v) is 16.5. The van der Waals surface area contributed by atoms with Crippen LogP contribution in [-0.2, 0) is 44.2 Å². The molecule has 0 fully saturated rings. The van der Waals surface area contributed by atoms with Crippen molar-refractivity contribution in [1.82, 2.24) is 0 Å². The van der Waals surface area contributed by atoms with E-state index in [0.717, 1.165) is 11.8 Å². The molecule has 0 aromatic rings. The van der Waals surface area contributed by atoms with Crippen LogP contribution in [-0.4, -0.2) is 41.9 Å². The SMILES string of the molecule is CO[Si](CC[S][Hg][O]C(C)=O)(OC)OC. The predicted octanol–water partition coefficient (Wildman–Crippen LogP) is 1.07. The first-order chi connectivity index (χ1) is 7.10. The number of carbonyl (C=O) groups is 1. The van der Waals surface area contributed by atoms with Crippen molar-refractivity contribution in [2.24, 2.45) is 0 Å². The van der Waals surface area contributed by atoms with Gasteiger partial charge in [-0.2, -0.15) is 0 Å². The van der Waals surface area contributed by atoms with Crippen LogP contribution in [0.25, 0.3) is 0 Å². The van der Waals surface area contributed by atoms with Gasteiger partial charge in [0.05, 0.1) is 0 Å². The second kappa shape index (κ2) is 8.94. The van der Waals surface area contributed by atoms with Crippen LogP contribution in [0.15, 0.2) is 0 Å². The monoisotopic (exact) mass is 442 g/mol. The van der Waals surface area contributed by atoms with Crippen LogP contribution in [0.4, 0.5) is 0 Å². The zero-order chi connectivity index (χ0) is 11.7. The van der Waals surface area contributed by atoms with E-state index < -0.39 is 32.3 Å². The molecule has 0 saturated carbocycles. The van der Waals surface area contributed by atoms with Gasteiger partial charge in [-0.15, -0.1) is 0 Å². The molecule has 0 atom stereocenters. The quantitative estimate of drug-likeness (QED) is 0.416. The fourth-order valence-electron chi connectivity index (χ4n) is 0.937. The number of carbonyl (C=O) groups excluding carboxylic acids is 1. The molecule has 5 nitrogen and oxygen atoms in total. The van der Waals surface area contributed by atoms with Crippen LogP contribution in [0, 0.1) is 0 Å². The molecule has 0 amide bonds. The van der Waals surface area contributed by atoms with Gasteiger partial charge in [0.15, 0.2) is 0 Å². The fraction of sp³-hybridized carbons (Fsp3) is 0.857. The molecule has 8 heteroatoms. The summed E-state index contributed by atoms with van der Waals surface area (Å²) in [4.78, 5) is 10.5. The van der Waals surface area contributed by atoms with Gasteiger partial charge in [0.1, 0.15) is 0 Å². The van der Waals surface area contributed by atoms with Crippen LogP contribution in [0.1, 0.15) is 6.92 Å². The Kier molecular flexibility index (Phi) is 9.45. The molecule has 0 N–H and O–H groups in total. The van der Waals surface area contributed by atoms with Gasteiger partial charge in [-0.25, -0.2) is 0 Å². The van der Waals surface area contributed by atoms with Crippen molar-refractivity contribution in [3.05, 3.63) is 0 Å². The second-order valence-electron chi connectivity index (χ2n) is 2.71. The Morgan fingerprint density at radius 2 is 1.80 bits per heavy atom. The van der Waals surface area contributed by atoms with Crippen LogP contribution in [0.5, 0.6) is 0 Å². The van der Waals surface area contributed by atoms with Crippen molar-refractivity contribution in [1.29, 1.82) is 0 Å². The minimum absolute atomic E-state index is 0.169. The summed E-state index contributed by atoms with van der Waals surface area (Å²) in [7, 11) is 4.10. The van der Waals surface area contributed by atoms with Gasteiger partial charge < -0.3 is 0 Å². The fourth-order valence-corrected chi connectivity index (χ4v) is 13.3. The van der Waals surface area contributed by atoms with Gasteiger partial charge in [-0.3, -0.25) is 0 Å². The Bertz CT molecular complexity index is 182. The minimum atomic E-state index is -2.42. The number of rotatable bonds is 8. The van der Waals surface area contributed by atoms with Gasteiger partial charge in [0.2, 0.25) is 0 Å². The Hall–Kier alpha value is 0.852. The predicted molar refractivity (Wildman–Crippen MR) is 55.8 cm³/mol. The second-order valence-corrected chi connectivity index (χ2v) is 15.5. The van der Waals surface area contributed by atoms with Gasteiger partial charge in [-0.05, 0) is 0 Å². The average Bonchev–Trinajstić information content (AvgIpc) is 2.24. The molecule has 86 valence electrons. The number of hydrogen-bond acceptors (Lipinski definition) is 6. The van der Waals surface area contributed by atoms with Gasteiger partial charge in [-0.1, -0.05) is 0 Å². The number of hydrogen-bond donors (Lipinski definition) is 0.